The minimum atomic E-state index is 0.0388. The van der Waals surface area contributed by atoms with E-state index < -0.39 is 0 Å². The maximum atomic E-state index is 12.2. The third-order valence-corrected chi connectivity index (χ3v) is 3.72. The van der Waals surface area contributed by atoms with Crippen LogP contribution in [-0.4, -0.2) is 15.8 Å². The Kier molecular flexibility index (Phi) is 2.22. The van der Waals surface area contributed by atoms with Crippen LogP contribution in [0.5, 0.6) is 0 Å². The number of imidazole rings is 1. The molecule has 3 rings (SSSR count). The second-order valence-electron chi connectivity index (χ2n) is 3.71. The fourth-order valence-corrected chi connectivity index (χ4v) is 2.88. The molecule has 0 saturated heterocycles. The molecule has 0 amide bonds. The highest BCUT2D eigenvalue weighted by molar-refractivity contribution is 7.10. The Bertz CT molecular complexity index is 551. The van der Waals surface area contributed by atoms with Crippen molar-refractivity contribution in [2.75, 3.05) is 0 Å². The van der Waals surface area contributed by atoms with Gasteiger partial charge in [-0.3, -0.25) is 4.79 Å². The van der Waals surface area contributed by atoms with E-state index in [2.05, 4.69) is 9.97 Å². The van der Waals surface area contributed by atoms with Crippen molar-refractivity contribution in [2.24, 2.45) is 0 Å². The van der Waals surface area contributed by atoms with Crippen LogP contribution in [0.4, 0.5) is 0 Å². The molecule has 0 spiro atoms. The van der Waals surface area contributed by atoms with Crippen LogP contribution in [0.2, 0.25) is 0 Å². The van der Waals surface area contributed by atoms with Gasteiger partial charge in [0.1, 0.15) is 5.69 Å². The molecular weight excluding hydrogens is 220 g/mol. The highest BCUT2D eigenvalue weighted by Gasteiger charge is 2.21. The first-order valence-electron chi connectivity index (χ1n) is 5.16. The normalized spacial score (nSPS) is 14.4. The van der Waals surface area contributed by atoms with E-state index in [0.29, 0.717) is 5.69 Å². The summed E-state index contributed by atoms with van der Waals surface area (Å²) < 4.78 is 0. The van der Waals surface area contributed by atoms with Gasteiger partial charge in [0, 0.05) is 10.5 Å². The standard InChI is InChI=1S/C12H10N2OS/c15-12(10-6-13-7-14-10)9-2-1-3-11-8(9)4-5-16-11/h2,4-7H,1,3H2,(H,13,14). The first-order chi connectivity index (χ1) is 7.86. The molecule has 0 fully saturated rings. The van der Waals surface area contributed by atoms with E-state index in [0.717, 1.165) is 24.0 Å². The molecule has 2 heterocycles. The van der Waals surface area contributed by atoms with Gasteiger partial charge in [-0.25, -0.2) is 4.98 Å². The predicted octanol–water partition coefficient (Wildman–Crippen LogP) is 2.68. The summed E-state index contributed by atoms with van der Waals surface area (Å²) in [5.74, 6) is 0.0388. The number of nitrogens with zero attached hydrogens (tertiary/aromatic N) is 1. The van der Waals surface area contributed by atoms with Crippen LogP contribution >= 0.6 is 11.3 Å². The summed E-state index contributed by atoms with van der Waals surface area (Å²) in [7, 11) is 0. The number of allylic oxidation sites excluding steroid dienone is 2. The predicted molar refractivity (Wildman–Crippen MR) is 63.5 cm³/mol. The third kappa shape index (κ3) is 1.42. The molecule has 3 nitrogen and oxygen atoms in total. The van der Waals surface area contributed by atoms with Gasteiger partial charge in [0.2, 0.25) is 5.78 Å². The van der Waals surface area contributed by atoms with Crippen LogP contribution in [0.1, 0.15) is 27.3 Å². The lowest BCUT2D eigenvalue weighted by molar-refractivity contribution is 0.105. The number of hydrogen-bond donors (Lipinski definition) is 1. The first kappa shape index (κ1) is 9.54. The van der Waals surface area contributed by atoms with Crippen LogP contribution < -0.4 is 0 Å². The summed E-state index contributed by atoms with van der Waals surface area (Å²) in [5.41, 5.74) is 2.47. The van der Waals surface area contributed by atoms with Gasteiger partial charge in [0.05, 0.1) is 12.5 Å². The molecule has 4 heteroatoms. The molecule has 0 atom stereocenters. The van der Waals surface area contributed by atoms with Crippen molar-refractivity contribution in [1.82, 2.24) is 9.97 Å². The van der Waals surface area contributed by atoms with Crippen LogP contribution in [0.3, 0.4) is 0 Å². The largest absolute Gasteiger partial charge is 0.342 e. The first-order valence-corrected chi connectivity index (χ1v) is 6.04. The Morgan fingerprint density at radius 3 is 3.25 bits per heavy atom. The van der Waals surface area contributed by atoms with Gasteiger partial charge >= 0.3 is 0 Å². The van der Waals surface area contributed by atoms with Crippen molar-refractivity contribution in [3.05, 3.63) is 46.2 Å². The molecule has 0 saturated carbocycles. The summed E-state index contributed by atoms with van der Waals surface area (Å²) in [4.78, 5) is 20.2. The summed E-state index contributed by atoms with van der Waals surface area (Å²) in [6.07, 6.45) is 7.13. The number of H-pyrrole nitrogens is 1. The minimum Gasteiger partial charge on any atom is -0.342 e. The SMILES string of the molecule is O=C(C1=CCCc2sccc21)c1cnc[nH]1. The lowest BCUT2D eigenvalue weighted by atomic mass is 9.94. The van der Waals surface area contributed by atoms with E-state index in [4.69, 9.17) is 0 Å². The quantitative estimate of drug-likeness (QED) is 0.806. The molecule has 0 aliphatic heterocycles. The molecule has 2 aromatic heterocycles. The number of Topliss-reactive ketones (excluding diaryl/α,β-unsaturated/α-hetero) is 1. The lowest BCUT2D eigenvalue weighted by Crippen LogP contribution is -2.07. The number of thiophene rings is 1. The molecule has 1 N–H and O–H groups in total. The second kappa shape index (κ2) is 3.72. The van der Waals surface area contributed by atoms with Crippen molar-refractivity contribution in [1.29, 1.82) is 0 Å². The average Bonchev–Trinajstić information content (AvgIpc) is 2.98. The highest BCUT2D eigenvalue weighted by atomic mass is 32.1. The summed E-state index contributed by atoms with van der Waals surface area (Å²) in [5, 5.41) is 2.05. The molecule has 1 aliphatic rings. The number of ketones is 1. The Labute approximate surface area is 96.8 Å². The van der Waals surface area contributed by atoms with Gasteiger partial charge in [-0.2, -0.15) is 0 Å². The van der Waals surface area contributed by atoms with E-state index in [1.54, 1.807) is 17.5 Å². The number of aryl methyl sites for hydroxylation is 1. The van der Waals surface area contributed by atoms with Gasteiger partial charge < -0.3 is 4.98 Å². The number of aromatic nitrogens is 2. The molecular formula is C12H10N2OS. The smallest absolute Gasteiger partial charge is 0.211 e. The van der Waals surface area contributed by atoms with Crippen LogP contribution in [0.25, 0.3) is 5.57 Å². The van der Waals surface area contributed by atoms with E-state index in [-0.39, 0.29) is 5.78 Å². The van der Waals surface area contributed by atoms with Gasteiger partial charge in [-0.05, 0) is 29.9 Å². The second-order valence-corrected chi connectivity index (χ2v) is 4.71. The van der Waals surface area contributed by atoms with Crippen molar-refractivity contribution in [2.45, 2.75) is 12.8 Å². The zero-order valence-corrected chi connectivity index (χ0v) is 9.38. The Morgan fingerprint density at radius 1 is 1.50 bits per heavy atom. The Morgan fingerprint density at radius 2 is 2.44 bits per heavy atom. The molecule has 0 radical (unpaired) electrons. The van der Waals surface area contributed by atoms with Crippen molar-refractivity contribution in [3.8, 4) is 0 Å². The molecule has 80 valence electrons. The topological polar surface area (TPSA) is 45.8 Å². The maximum Gasteiger partial charge on any atom is 0.211 e. The van der Waals surface area contributed by atoms with Crippen LogP contribution in [-0.2, 0) is 6.42 Å². The van der Waals surface area contributed by atoms with E-state index >= 15 is 0 Å². The van der Waals surface area contributed by atoms with Crippen LogP contribution in [0.15, 0.2) is 30.0 Å². The van der Waals surface area contributed by atoms with Crippen molar-refractivity contribution >= 4 is 22.7 Å². The number of carbonyl (C=O) groups is 1. The van der Waals surface area contributed by atoms with Crippen LogP contribution in [0, 0.1) is 0 Å². The average molecular weight is 230 g/mol. The number of aromatic amines is 1. The van der Waals surface area contributed by atoms with Crippen molar-refractivity contribution < 1.29 is 4.79 Å². The van der Waals surface area contributed by atoms with Gasteiger partial charge in [0.25, 0.3) is 0 Å². The van der Waals surface area contributed by atoms with Gasteiger partial charge in [-0.15, -0.1) is 11.3 Å². The Hall–Kier alpha value is -1.68. The molecule has 1 aliphatic carbocycles. The van der Waals surface area contributed by atoms with E-state index in [1.807, 2.05) is 17.5 Å². The molecule has 0 unspecified atom stereocenters. The van der Waals surface area contributed by atoms with Crippen molar-refractivity contribution in [3.63, 3.8) is 0 Å². The van der Waals surface area contributed by atoms with E-state index in [9.17, 15) is 4.79 Å². The van der Waals surface area contributed by atoms with E-state index in [1.165, 1.54) is 11.2 Å². The molecule has 16 heavy (non-hydrogen) atoms. The fourth-order valence-electron chi connectivity index (χ4n) is 1.97. The number of rotatable bonds is 2. The fraction of sp³-hybridized carbons (Fsp3) is 0.167. The summed E-state index contributed by atoms with van der Waals surface area (Å²) in [6, 6.07) is 2.03. The molecule has 2 aromatic rings. The number of fused-ring (bicyclic) bond motifs is 1. The maximum absolute atomic E-state index is 12.2. The monoisotopic (exact) mass is 230 g/mol. The number of hydrogen-bond acceptors (Lipinski definition) is 3. The highest BCUT2D eigenvalue weighted by Crippen LogP contribution is 2.32. The lowest BCUT2D eigenvalue weighted by Gasteiger charge is -2.11. The number of carbonyl (C=O) groups excluding carboxylic acids is 1. The third-order valence-electron chi connectivity index (χ3n) is 2.74. The summed E-state index contributed by atoms with van der Waals surface area (Å²) in [6.45, 7) is 0. The molecule has 0 bridgehead atoms. The van der Waals surface area contributed by atoms with Gasteiger partial charge in [0.15, 0.2) is 0 Å². The zero-order valence-electron chi connectivity index (χ0n) is 8.56. The number of nitrogens with one attached hydrogen (secondary N) is 1. The summed E-state index contributed by atoms with van der Waals surface area (Å²) >= 11 is 1.72. The minimum absolute atomic E-state index is 0.0388. The van der Waals surface area contributed by atoms with Gasteiger partial charge in [-0.1, -0.05) is 6.08 Å². The Balaban J connectivity index is 2.03. The molecule has 0 aromatic carbocycles. The zero-order chi connectivity index (χ0) is 11.0.